The lowest BCUT2D eigenvalue weighted by Gasteiger charge is -2.14. The second kappa shape index (κ2) is 12.2. The molecule has 6 nitrogen and oxygen atoms in total. The van der Waals surface area contributed by atoms with Crippen molar-refractivity contribution < 1.29 is 19.4 Å². The second-order valence-corrected chi connectivity index (χ2v) is 5.56. The minimum Gasteiger partial charge on any atom is -0.506 e. The Labute approximate surface area is 155 Å². The molecule has 140 valence electrons. The smallest absolute Gasteiger partial charge is 0.413 e. The van der Waals surface area contributed by atoms with Gasteiger partial charge in [0.05, 0.1) is 12.3 Å². The molecule has 0 spiro atoms. The van der Waals surface area contributed by atoms with E-state index in [2.05, 4.69) is 10.6 Å². The molecule has 0 aliphatic carbocycles. The zero-order chi connectivity index (χ0) is 19.4. The molecule has 0 atom stereocenters. The highest BCUT2D eigenvalue weighted by Gasteiger charge is 2.10. The van der Waals surface area contributed by atoms with E-state index >= 15 is 0 Å². The van der Waals surface area contributed by atoms with Gasteiger partial charge in [-0.1, -0.05) is 13.8 Å². The first-order valence-electron chi connectivity index (χ1n) is 8.40. The Morgan fingerprint density at radius 1 is 1.28 bits per heavy atom. The van der Waals surface area contributed by atoms with Gasteiger partial charge in [-0.2, -0.15) is 0 Å². The van der Waals surface area contributed by atoms with E-state index < -0.39 is 6.09 Å². The van der Waals surface area contributed by atoms with Crippen LogP contribution in [0, 0.1) is 6.92 Å². The maximum absolute atomic E-state index is 11.3. The maximum Gasteiger partial charge on any atom is 0.413 e. The number of Topliss-reactive ketones (excluding diaryl/α,β-unsaturated/α-hetero) is 1. The van der Waals surface area contributed by atoms with Gasteiger partial charge in [-0.05, 0) is 69.1 Å². The first-order valence-corrected chi connectivity index (χ1v) is 8.81. The average molecular weight is 368 g/mol. The van der Waals surface area contributed by atoms with Crippen molar-refractivity contribution in [1.29, 1.82) is 0 Å². The number of aromatic hydroxyl groups is 1. The molecular formula is C18H28N2O4S. The van der Waals surface area contributed by atoms with Crippen molar-refractivity contribution in [3.05, 3.63) is 23.3 Å². The van der Waals surface area contributed by atoms with Crippen molar-refractivity contribution in [1.82, 2.24) is 5.32 Å². The van der Waals surface area contributed by atoms with Crippen molar-refractivity contribution in [3.63, 3.8) is 0 Å². The van der Waals surface area contributed by atoms with Crippen LogP contribution in [0.25, 0.3) is 0 Å². The fourth-order valence-corrected chi connectivity index (χ4v) is 2.24. The monoisotopic (exact) mass is 368 g/mol. The quantitative estimate of drug-likeness (QED) is 0.518. The highest BCUT2D eigenvalue weighted by molar-refractivity contribution is 7.80. The van der Waals surface area contributed by atoms with E-state index in [1.165, 1.54) is 0 Å². The van der Waals surface area contributed by atoms with Crippen molar-refractivity contribution >= 4 is 34.9 Å². The van der Waals surface area contributed by atoms with Crippen LogP contribution in [0.2, 0.25) is 0 Å². The summed E-state index contributed by atoms with van der Waals surface area (Å²) in [5.41, 5.74) is 2.33. The zero-order valence-corrected chi connectivity index (χ0v) is 16.4. The number of rotatable bonds is 6. The van der Waals surface area contributed by atoms with Gasteiger partial charge in [0, 0.05) is 6.42 Å². The third kappa shape index (κ3) is 9.05. The zero-order valence-electron chi connectivity index (χ0n) is 15.6. The van der Waals surface area contributed by atoms with Crippen LogP contribution < -0.4 is 10.6 Å². The number of amides is 1. The number of ether oxygens (including phenoxy) is 1. The van der Waals surface area contributed by atoms with Gasteiger partial charge in [-0.25, -0.2) is 4.79 Å². The van der Waals surface area contributed by atoms with E-state index in [-0.39, 0.29) is 23.3 Å². The average Bonchev–Trinajstić information content (AvgIpc) is 2.53. The number of carbonyl (C=O) groups excluding carboxylic acids is 2. The molecule has 0 saturated heterocycles. The number of thiocarbonyl (C=S) groups is 1. The van der Waals surface area contributed by atoms with Gasteiger partial charge in [0.15, 0.2) is 5.11 Å². The summed E-state index contributed by atoms with van der Waals surface area (Å²) in [6, 6.07) is 3.39. The minimum absolute atomic E-state index is 0.0332. The van der Waals surface area contributed by atoms with Crippen LogP contribution in [0.15, 0.2) is 12.1 Å². The van der Waals surface area contributed by atoms with E-state index in [4.69, 9.17) is 17.0 Å². The van der Waals surface area contributed by atoms with E-state index in [9.17, 15) is 14.7 Å². The third-order valence-electron chi connectivity index (χ3n) is 3.17. The van der Waals surface area contributed by atoms with Crippen LogP contribution in [0.4, 0.5) is 10.5 Å². The molecule has 0 fully saturated rings. The number of phenolic OH excluding ortho intramolecular Hbond substituents is 1. The number of ketones is 1. The summed E-state index contributed by atoms with van der Waals surface area (Å²) in [5, 5.41) is 15.2. The number of nitrogens with one attached hydrogen (secondary N) is 2. The van der Waals surface area contributed by atoms with Crippen LogP contribution in [0.5, 0.6) is 5.75 Å². The lowest BCUT2D eigenvalue weighted by molar-refractivity contribution is -0.117. The number of hydrogen-bond acceptors (Lipinski definition) is 5. The number of benzene rings is 1. The van der Waals surface area contributed by atoms with Crippen molar-refractivity contribution in [3.8, 4) is 5.75 Å². The standard InChI is InChI=1S/C16H22N2O4S.C2H6/c1-4-22-16(21)18-15(23)17-13-9-12(7-5-6-11(3)19)10(2)8-14(13)20;1-2/h8-9,20H,4-7H2,1-3H3,(H2,17,18,21,23);1-2H3. The van der Waals surface area contributed by atoms with Gasteiger partial charge in [0.25, 0.3) is 0 Å². The van der Waals surface area contributed by atoms with Gasteiger partial charge >= 0.3 is 6.09 Å². The Kier molecular flexibility index (Phi) is 11.2. The van der Waals surface area contributed by atoms with Crippen LogP contribution >= 0.6 is 12.2 Å². The lowest BCUT2D eigenvalue weighted by Crippen LogP contribution is -2.34. The number of alkyl carbamates (subject to hydrolysis) is 1. The number of carbonyl (C=O) groups is 2. The van der Waals surface area contributed by atoms with Crippen LogP contribution in [-0.2, 0) is 16.0 Å². The Bertz CT molecular complexity index is 603. The summed E-state index contributed by atoms with van der Waals surface area (Å²) in [6.07, 6.45) is 1.33. The Morgan fingerprint density at radius 2 is 1.92 bits per heavy atom. The molecule has 0 radical (unpaired) electrons. The summed E-state index contributed by atoms with van der Waals surface area (Å²) in [6.45, 7) is 9.39. The van der Waals surface area contributed by atoms with E-state index in [1.54, 1.807) is 26.0 Å². The topological polar surface area (TPSA) is 87.7 Å². The van der Waals surface area contributed by atoms with E-state index in [1.807, 2.05) is 20.8 Å². The van der Waals surface area contributed by atoms with Gasteiger partial charge in [0.2, 0.25) is 0 Å². The molecule has 0 aromatic heterocycles. The summed E-state index contributed by atoms with van der Waals surface area (Å²) >= 11 is 5.01. The molecule has 1 aromatic rings. The number of hydrogen-bond donors (Lipinski definition) is 3. The summed E-state index contributed by atoms with van der Waals surface area (Å²) in [4.78, 5) is 22.3. The first kappa shape index (κ1) is 22.9. The first-order chi connectivity index (χ1) is 11.8. The molecule has 1 rings (SSSR count). The Balaban J connectivity index is 0.00000277. The van der Waals surface area contributed by atoms with Gasteiger partial charge in [0.1, 0.15) is 11.5 Å². The summed E-state index contributed by atoms with van der Waals surface area (Å²) < 4.78 is 4.73. The lowest BCUT2D eigenvalue weighted by atomic mass is 10.0. The summed E-state index contributed by atoms with van der Waals surface area (Å²) in [5.74, 6) is 0.186. The molecule has 0 unspecified atom stereocenters. The molecule has 0 aliphatic rings. The number of aryl methyl sites for hydroxylation is 2. The Hall–Kier alpha value is -2.15. The molecule has 1 aromatic carbocycles. The molecule has 0 saturated carbocycles. The fourth-order valence-electron chi connectivity index (χ4n) is 2.05. The number of phenols is 1. The predicted molar refractivity (Wildman–Crippen MR) is 104 cm³/mol. The Morgan fingerprint density at radius 3 is 2.48 bits per heavy atom. The highest BCUT2D eigenvalue weighted by atomic mass is 32.1. The molecule has 0 aliphatic heterocycles. The van der Waals surface area contributed by atoms with Gasteiger partial charge < -0.3 is 20.0 Å². The fraction of sp³-hybridized carbons (Fsp3) is 0.500. The van der Waals surface area contributed by atoms with Crippen molar-refractivity contribution in [2.45, 2.75) is 53.9 Å². The number of anilines is 1. The van der Waals surface area contributed by atoms with E-state index in [0.29, 0.717) is 12.1 Å². The molecular weight excluding hydrogens is 340 g/mol. The second-order valence-electron chi connectivity index (χ2n) is 5.15. The molecule has 3 N–H and O–H groups in total. The highest BCUT2D eigenvalue weighted by Crippen LogP contribution is 2.28. The van der Waals surface area contributed by atoms with Crippen molar-refractivity contribution in [2.24, 2.45) is 0 Å². The van der Waals surface area contributed by atoms with Crippen LogP contribution in [0.3, 0.4) is 0 Å². The third-order valence-corrected chi connectivity index (χ3v) is 3.37. The minimum atomic E-state index is -0.654. The molecule has 25 heavy (non-hydrogen) atoms. The van der Waals surface area contributed by atoms with E-state index in [0.717, 1.165) is 24.0 Å². The molecule has 0 heterocycles. The van der Waals surface area contributed by atoms with Gasteiger partial charge in [-0.3, -0.25) is 5.32 Å². The molecule has 0 bridgehead atoms. The maximum atomic E-state index is 11.3. The SMILES string of the molecule is CC.CCOC(=O)NC(=S)Nc1cc(CCCC(C)=O)c(C)cc1O. The molecule has 7 heteroatoms. The van der Waals surface area contributed by atoms with Crippen LogP contribution in [-0.4, -0.2) is 28.7 Å². The van der Waals surface area contributed by atoms with Gasteiger partial charge in [-0.15, -0.1) is 0 Å². The normalized spacial score (nSPS) is 9.48. The summed E-state index contributed by atoms with van der Waals surface area (Å²) in [7, 11) is 0. The largest absolute Gasteiger partial charge is 0.506 e. The van der Waals surface area contributed by atoms with Crippen molar-refractivity contribution in [2.75, 3.05) is 11.9 Å². The predicted octanol–water partition coefficient (Wildman–Crippen LogP) is 4.08. The molecule has 1 amide bonds. The van der Waals surface area contributed by atoms with Crippen LogP contribution in [0.1, 0.15) is 51.7 Å².